The van der Waals surface area contributed by atoms with Crippen LogP contribution in [0, 0.1) is 6.92 Å². The van der Waals surface area contributed by atoms with Gasteiger partial charge in [0, 0.05) is 5.02 Å². The summed E-state index contributed by atoms with van der Waals surface area (Å²) in [7, 11) is -3.80. The fourth-order valence-electron chi connectivity index (χ4n) is 1.81. The van der Waals surface area contributed by atoms with Gasteiger partial charge in [-0.05, 0) is 31.2 Å². The molecular formula is C13H10Cl2O5S. The molecular weight excluding hydrogens is 339 g/mol. The maximum absolute atomic E-state index is 12.3. The van der Waals surface area contributed by atoms with E-state index in [1.54, 1.807) is 0 Å². The Morgan fingerprint density at radius 2 is 1.95 bits per heavy atom. The van der Waals surface area contributed by atoms with Gasteiger partial charge in [0.15, 0.2) is 9.84 Å². The molecule has 2 aromatic rings. The fourth-order valence-corrected chi connectivity index (χ4v) is 3.86. The van der Waals surface area contributed by atoms with E-state index in [4.69, 9.17) is 32.7 Å². The lowest BCUT2D eigenvalue weighted by molar-refractivity contribution is 0.0695. The van der Waals surface area contributed by atoms with Gasteiger partial charge in [-0.2, -0.15) is 0 Å². The van der Waals surface area contributed by atoms with E-state index in [1.165, 1.54) is 31.2 Å². The van der Waals surface area contributed by atoms with Crippen molar-refractivity contribution in [2.75, 3.05) is 0 Å². The minimum atomic E-state index is -3.80. The molecule has 0 amide bonds. The Hall–Kier alpha value is -1.50. The van der Waals surface area contributed by atoms with Gasteiger partial charge in [-0.15, -0.1) is 0 Å². The van der Waals surface area contributed by atoms with Crippen LogP contribution in [0.25, 0.3) is 0 Å². The van der Waals surface area contributed by atoms with Crippen molar-refractivity contribution in [3.63, 3.8) is 0 Å². The number of aromatic carboxylic acids is 1. The average molecular weight is 349 g/mol. The van der Waals surface area contributed by atoms with Gasteiger partial charge in [0.05, 0.1) is 9.92 Å². The standard InChI is InChI=1S/C13H10Cl2O5S/c1-7-10(13(16)17)5-9(20-7)6-21(18,19)12-4-8(14)2-3-11(12)15/h2-5H,6H2,1H3,(H,16,17). The number of carbonyl (C=O) groups is 1. The monoisotopic (exact) mass is 348 g/mol. The molecule has 21 heavy (non-hydrogen) atoms. The summed E-state index contributed by atoms with van der Waals surface area (Å²) >= 11 is 11.6. The van der Waals surface area contributed by atoms with Crippen molar-refractivity contribution >= 4 is 39.0 Å². The van der Waals surface area contributed by atoms with Crippen molar-refractivity contribution in [2.24, 2.45) is 0 Å². The van der Waals surface area contributed by atoms with Crippen LogP contribution in [0.2, 0.25) is 10.0 Å². The molecule has 0 aliphatic heterocycles. The lowest BCUT2D eigenvalue weighted by Crippen LogP contribution is -2.05. The van der Waals surface area contributed by atoms with Crippen molar-refractivity contribution in [2.45, 2.75) is 17.6 Å². The number of rotatable bonds is 4. The number of furan rings is 1. The van der Waals surface area contributed by atoms with E-state index in [1.807, 2.05) is 0 Å². The van der Waals surface area contributed by atoms with Crippen LogP contribution < -0.4 is 0 Å². The van der Waals surface area contributed by atoms with Gasteiger partial charge in [-0.25, -0.2) is 13.2 Å². The zero-order valence-corrected chi connectivity index (χ0v) is 13.1. The van der Waals surface area contributed by atoms with Crippen LogP contribution in [0.15, 0.2) is 33.6 Å². The highest BCUT2D eigenvalue weighted by atomic mass is 35.5. The molecule has 2 rings (SSSR count). The topological polar surface area (TPSA) is 84.6 Å². The predicted octanol–water partition coefficient (Wildman–Crippen LogP) is 3.57. The third kappa shape index (κ3) is 3.40. The molecule has 0 saturated heterocycles. The highest BCUT2D eigenvalue weighted by molar-refractivity contribution is 7.90. The van der Waals surface area contributed by atoms with Crippen LogP contribution >= 0.6 is 23.2 Å². The zero-order valence-electron chi connectivity index (χ0n) is 10.8. The molecule has 0 saturated carbocycles. The van der Waals surface area contributed by atoms with Crippen LogP contribution in [-0.2, 0) is 15.6 Å². The number of aryl methyl sites for hydroxylation is 1. The quantitative estimate of drug-likeness (QED) is 0.912. The van der Waals surface area contributed by atoms with E-state index in [0.29, 0.717) is 0 Å². The molecule has 112 valence electrons. The molecule has 5 nitrogen and oxygen atoms in total. The molecule has 1 N–H and O–H groups in total. The lowest BCUT2D eigenvalue weighted by atomic mass is 10.2. The second-order valence-corrected chi connectivity index (χ2v) is 7.12. The third-order valence-corrected chi connectivity index (χ3v) is 5.11. The number of halogens is 2. The number of carboxylic acids is 1. The molecule has 0 fully saturated rings. The first-order valence-corrected chi connectivity index (χ1v) is 8.12. The van der Waals surface area contributed by atoms with Crippen LogP contribution in [0.1, 0.15) is 21.9 Å². The molecule has 0 unspecified atom stereocenters. The molecule has 0 aliphatic carbocycles. The normalized spacial score (nSPS) is 11.6. The maximum Gasteiger partial charge on any atom is 0.339 e. The van der Waals surface area contributed by atoms with Crippen LogP contribution in [0.4, 0.5) is 0 Å². The Kier molecular flexibility index (Phi) is 4.32. The fraction of sp³-hybridized carbons (Fsp3) is 0.154. The Balaban J connectivity index is 2.40. The van der Waals surface area contributed by atoms with E-state index < -0.39 is 21.6 Å². The van der Waals surface area contributed by atoms with Crippen LogP contribution in [0.5, 0.6) is 0 Å². The second-order valence-electron chi connectivity index (χ2n) is 4.32. The summed E-state index contributed by atoms with van der Waals surface area (Å²) in [6.45, 7) is 1.45. The lowest BCUT2D eigenvalue weighted by Gasteiger charge is -2.05. The minimum absolute atomic E-state index is 0.0287. The summed E-state index contributed by atoms with van der Waals surface area (Å²) in [6, 6.07) is 5.29. The smallest absolute Gasteiger partial charge is 0.339 e. The molecule has 0 aliphatic rings. The summed E-state index contributed by atoms with van der Waals surface area (Å²) < 4.78 is 29.8. The molecule has 8 heteroatoms. The van der Waals surface area contributed by atoms with E-state index in [2.05, 4.69) is 0 Å². The molecule has 1 aromatic carbocycles. The highest BCUT2D eigenvalue weighted by Gasteiger charge is 2.23. The van der Waals surface area contributed by atoms with Gasteiger partial charge in [0.25, 0.3) is 0 Å². The van der Waals surface area contributed by atoms with Gasteiger partial charge in [-0.1, -0.05) is 23.2 Å². The highest BCUT2D eigenvalue weighted by Crippen LogP contribution is 2.28. The summed E-state index contributed by atoms with van der Waals surface area (Å²) in [5, 5.41) is 9.21. The number of benzene rings is 1. The van der Waals surface area contributed by atoms with Crippen molar-refractivity contribution in [3.05, 3.63) is 51.4 Å². The Labute approximate surface area is 131 Å². The van der Waals surface area contributed by atoms with Crippen molar-refractivity contribution in [1.82, 2.24) is 0 Å². The summed E-state index contributed by atoms with van der Waals surface area (Å²) in [6.07, 6.45) is 0. The van der Waals surface area contributed by atoms with Gasteiger partial charge in [0.1, 0.15) is 22.8 Å². The van der Waals surface area contributed by atoms with E-state index >= 15 is 0 Å². The second kappa shape index (κ2) is 5.71. The molecule has 0 atom stereocenters. The average Bonchev–Trinajstić information content (AvgIpc) is 2.72. The minimum Gasteiger partial charge on any atom is -0.478 e. The first kappa shape index (κ1) is 15.9. The molecule has 0 radical (unpaired) electrons. The van der Waals surface area contributed by atoms with Gasteiger partial charge < -0.3 is 9.52 Å². The van der Waals surface area contributed by atoms with E-state index in [0.717, 1.165) is 0 Å². The van der Waals surface area contributed by atoms with Crippen LogP contribution in [-0.4, -0.2) is 19.5 Å². The number of carboxylic acid groups (broad SMARTS) is 1. The molecule has 0 spiro atoms. The summed E-state index contributed by atoms with van der Waals surface area (Å²) in [4.78, 5) is 10.8. The third-order valence-electron chi connectivity index (χ3n) is 2.76. The molecule has 1 heterocycles. The Bertz CT molecular complexity index is 808. The summed E-state index contributed by atoms with van der Waals surface area (Å²) in [5.74, 6) is -1.51. The predicted molar refractivity (Wildman–Crippen MR) is 77.8 cm³/mol. The number of hydrogen-bond donors (Lipinski definition) is 1. The Morgan fingerprint density at radius 3 is 2.52 bits per heavy atom. The maximum atomic E-state index is 12.3. The number of hydrogen-bond acceptors (Lipinski definition) is 4. The first-order chi connectivity index (χ1) is 9.70. The first-order valence-electron chi connectivity index (χ1n) is 5.71. The van der Waals surface area contributed by atoms with Crippen molar-refractivity contribution in [3.8, 4) is 0 Å². The van der Waals surface area contributed by atoms with Crippen molar-refractivity contribution < 1.29 is 22.7 Å². The van der Waals surface area contributed by atoms with Gasteiger partial charge >= 0.3 is 5.97 Å². The van der Waals surface area contributed by atoms with Crippen molar-refractivity contribution in [1.29, 1.82) is 0 Å². The molecule has 1 aromatic heterocycles. The number of sulfone groups is 1. The Morgan fingerprint density at radius 1 is 1.29 bits per heavy atom. The molecule has 0 bridgehead atoms. The van der Waals surface area contributed by atoms with E-state index in [9.17, 15) is 13.2 Å². The van der Waals surface area contributed by atoms with Gasteiger partial charge in [-0.3, -0.25) is 0 Å². The zero-order chi connectivity index (χ0) is 15.8. The SMILES string of the molecule is Cc1oc(CS(=O)(=O)c2cc(Cl)ccc2Cl)cc1C(=O)O. The summed E-state index contributed by atoms with van der Waals surface area (Å²) in [5.41, 5.74) is -0.0719. The largest absolute Gasteiger partial charge is 0.478 e. The van der Waals surface area contributed by atoms with E-state index in [-0.39, 0.29) is 32.0 Å². The van der Waals surface area contributed by atoms with Gasteiger partial charge in [0.2, 0.25) is 0 Å². The van der Waals surface area contributed by atoms with Crippen LogP contribution in [0.3, 0.4) is 0 Å².